The highest BCUT2D eigenvalue weighted by Gasteiger charge is 2.23. The maximum atomic E-state index is 11.1. The van der Waals surface area contributed by atoms with E-state index < -0.39 is 0 Å². The number of aryl methyl sites for hydroxylation is 1. The van der Waals surface area contributed by atoms with Gasteiger partial charge in [0.25, 0.3) is 0 Å². The first-order valence-electron chi connectivity index (χ1n) is 11.6. The summed E-state index contributed by atoms with van der Waals surface area (Å²) >= 11 is 0. The van der Waals surface area contributed by atoms with Crippen LogP contribution in [0.4, 0.5) is 23.1 Å². The third-order valence-corrected chi connectivity index (χ3v) is 6.60. The number of carbonyl (C=O) groups is 1. The van der Waals surface area contributed by atoms with Gasteiger partial charge < -0.3 is 26.1 Å². The molecule has 0 amide bonds. The van der Waals surface area contributed by atoms with Crippen LogP contribution in [0.3, 0.4) is 0 Å². The standard InChI is InChI=1S/C25H29N7O/c26-14-17-7-11-32(12-8-17)24-22(18-5-9-27-10-6-18)15-28-25(31-24)30-20-3-4-23-19(13-20)1-2-21(16-33)29-23/h3-6,9-10,13,15-17,21,29H,1-2,7-8,11-12,14,26H2,(H,28,30,31). The van der Waals surface area contributed by atoms with Gasteiger partial charge in [0.05, 0.1) is 6.04 Å². The number of aldehydes is 1. The van der Waals surface area contributed by atoms with Gasteiger partial charge in [-0.3, -0.25) is 4.98 Å². The second-order valence-corrected chi connectivity index (χ2v) is 8.76. The Kier molecular flexibility index (Phi) is 6.17. The first kappa shape index (κ1) is 21.3. The molecule has 1 fully saturated rings. The Bertz CT molecular complexity index is 1110. The molecule has 1 unspecified atom stereocenters. The van der Waals surface area contributed by atoms with Crippen LogP contribution in [0, 0.1) is 5.92 Å². The van der Waals surface area contributed by atoms with E-state index in [9.17, 15) is 4.79 Å². The van der Waals surface area contributed by atoms with E-state index in [-0.39, 0.29) is 6.04 Å². The van der Waals surface area contributed by atoms with Crippen molar-refractivity contribution < 1.29 is 4.79 Å². The first-order valence-corrected chi connectivity index (χ1v) is 11.6. The van der Waals surface area contributed by atoms with Gasteiger partial charge in [-0.15, -0.1) is 0 Å². The van der Waals surface area contributed by atoms with Crippen LogP contribution in [0.15, 0.2) is 48.9 Å². The van der Waals surface area contributed by atoms with Crippen LogP contribution in [0.5, 0.6) is 0 Å². The number of anilines is 4. The molecule has 1 atom stereocenters. The Labute approximate surface area is 193 Å². The minimum absolute atomic E-state index is 0.105. The number of rotatable bonds is 6. The lowest BCUT2D eigenvalue weighted by Crippen LogP contribution is -2.37. The molecule has 8 nitrogen and oxygen atoms in total. The van der Waals surface area contributed by atoms with E-state index in [1.165, 1.54) is 5.56 Å². The second-order valence-electron chi connectivity index (χ2n) is 8.76. The Morgan fingerprint density at radius 2 is 1.97 bits per heavy atom. The van der Waals surface area contributed by atoms with E-state index >= 15 is 0 Å². The molecule has 2 aliphatic heterocycles. The molecule has 2 aliphatic rings. The normalized spacial score (nSPS) is 18.3. The summed E-state index contributed by atoms with van der Waals surface area (Å²) in [4.78, 5) is 27.2. The minimum atomic E-state index is -0.105. The summed E-state index contributed by atoms with van der Waals surface area (Å²) in [6.07, 6.45) is 10.3. The highest BCUT2D eigenvalue weighted by atomic mass is 16.1. The number of aromatic nitrogens is 3. The lowest BCUT2D eigenvalue weighted by atomic mass is 9.96. The number of pyridine rings is 1. The Balaban J connectivity index is 1.42. The molecule has 0 bridgehead atoms. The second kappa shape index (κ2) is 9.54. The fraction of sp³-hybridized carbons (Fsp3) is 0.360. The zero-order valence-electron chi connectivity index (χ0n) is 18.6. The number of hydrogen-bond acceptors (Lipinski definition) is 8. The summed E-state index contributed by atoms with van der Waals surface area (Å²) in [6.45, 7) is 2.60. The molecule has 3 aromatic rings. The van der Waals surface area contributed by atoms with Gasteiger partial charge in [0.15, 0.2) is 0 Å². The molecule has 2 aromatic heterocycles. The van der Waals surface area contributed by atoms with Crippen LogP contribution in [0.25, 0.3) is 11.1 Å². The van der Waals surface area contributed by atoms with Crippen molar-refractivity contribution in [1.29, 1.82) is 0 Å². The SMILES string of the molecule is NCC1CCN(c2nc(Nc3ccc4c(c3)CCC(C=O)N4)ncc2-c2ccncc2)CC1. The van der Waals surface area contributed by atoms with Gasteiger partial charge in [0.1, 0.15) is 12.1 Å². The summed E-state index contributed by atoms with van der Waals surface area (Å²) in [5.74, 6) is 2.08. The molecule has 8 heteroatoms. The third kappa shape index (κ3) is 4.66. The number of carbonyl (C=O) groups excluding carboxylic acids is 1. The quantitative estimate of drug-likeness (QED) is 0.498. The number of hydrogen-bond donors (Lipinski definition) is 3. The molecule has 0 radical (unpaired) electrons. The van der Waals surface area contributed by atoms with E-state index in [4.69, 9.17) is 10.7 Å². The van der Waals surface area contributed by atoms with Gasteiger partial charge in [-0.25, -0.2) is 4.98 Å². The van der Waals surface area contributed by atoms with E-state index in [1.54, 1.807) is 12.4 Å². The molecule has 170 valence electrons. The van der Waals surface area contributed by atoms with Crippen molar-refractivity contribution in [1.82, 2.24) is 15.0 Å². The monoisotopic (exact) mass is 443 g/mol. The van der Waals surface area contributed by atoms with Crippen LogP contribution in [0.2, 0.25) is 0 Å². The number of nitrogens with zero attached hydrogens (tertiary/aromatic N) is 4. The largest absolute Gasteiger partial charge is 0.375 e. The summed E-state index contributed by atoms with van der Waals surface area (Å²) in [5.41, 5.74) is 11.1. The topological polar surface area (TPSA) is 109 Å². The molecule has 0 saturated carbocycles. The number of piperidine rings is 1. The molecule has 0 spiro atoms. The summed E-state index contributed by atoms with van der Waals surface area (Å²) in [5, 5.41) is 6.65. The summed E-state index contributed by atoms with van der Waals surface area (Å²) < 4.78 is 0. The van der Waals surface area contributed by atoms with E-state index in [0.717, 1.165) is 79.9 Å². The zero-order chi connectivity index (χ0) is 22.6. The molecule has 4 N–H and O–H groups in total. The van der Waals surface area contributed by atoms with Crippen LogP contribution >= 0.6 is 0 Å². The fourth-order valence-corrected chi connectivity index (χ4v) is 4.62. The van der Waals surface area contributed by atoms with Crippen LogP contribution in [0.1, 0.15) is 24.8 Å². The van der Waals surface area contributed by atoms with Crippen molar-refractivity contribution in [2.24, 2.45) is 11.7 Å². The lowest BCUT2D eigenvalue weighted by molar-refractivity contribution is -0.108. The van der Waals surface area contributed by atoms with E-state index in [2.05, 4.69) is 31.6 Å². The molecular formula is C25H29N7O. The van der Waals surface area contributed by atoms with Gasteiger partial charge in [-0.05, 0) is 79.6 Å². The molecule has 1 aromatic carbocycles. The van der Waals surface area contributed by atoms with Crippen molar-refractivity contribution in [3.05, 3.63) is 54.5 Å². The lowest BCUT2D eigenvalue weighted by Gasteiger charge is -2.33. The summed E-state index contributed by atoms with van der Waals surface area (Å²) in [6, 6.07) is 9.99. The van der Waals surface area contributed by atoms with Crippen molar-refractivity contribution in [2.75, 3.05) is 35.2 Å². The molecule has 1 saturated heterocycles. The van der Waals surface area contributed by atoms with Crippen molar-refractivity contribution in [2.45, 2.75) is 31.7 Å². The van der Waals surface area contributed by atoms with Crippen LogP contribution < -0.4 is 21.3 Å². The molecule has 0 aliphatic carbocycles. The smallest absolute Gasteiger partial charge is 0.229 e. The molecule has 4 heterocycles. The third-order valence-electron chi connectivity index (χ3n) is 6.60. The van der Waals surface area contributed by atoms with Crippen molar-refractivity contribution >= 4 is 29.4 Å². The van der Waals surface area contributed by atoms with Crippen molar-refractivity contribution in [3.8, 4) is 11.1 Å². The van der Waals surface area contributed by atoms with E-state index in [1.807, 2.05) is 30.5 Å². The highest BCUT2D eigenvalue weighted by Crippen LogP contribution is 2.33. The molecular weight excluding hydrogens is 414 g/mol. The highest BCUT2D eigenvalue weighted by molar-refractivity contribution is 5.77. The predicted octanol–water partition coefficient (Wildman–Crippen LogP) is 3.38. The van der Waals surface area contributed by atoms with Crippen LogP contribution in [-0.2, 0) is 11.2 Å². The minimum Gasteiger partial charge on any atom is -0.375 e. The van der Waals surface area contributed by atoms with Gasteiger partial charge in [0.2, 0.25) is 5.95 Å². The maximum Gasteiger partial charge on any atom is 0.229 e. The van der Waals surface area contributed by atoms with Gasteiger partial charge >= 0.3 is 0 Å². The van der Waals surface area contributed by atoms with E-state index in [0.29, 0.717) is 11.9 Å². The number of fused-ring (bicyclic) bond motifs is 1. The molecule has 33 heavy (non-hydrogen) atoms. The predicted molar refractivity (Wildman–Crippen MR) is 131 cm³/mol. The van der Waals surface area contributed by atoms with Crippen LogP contribution in [-0.4, -0.2) is 46.9 Å². The number of benzene rings is 1. The average molecular weight is 444 g/mol. The first-order chi connectivity index (χ1) is 16.2. The van der Waals surface area contributed by atoms with Crippen molar-refractivity contribution in [3.63, 3.8) is 0 Å². The average Bonchev–Trinajstić information content (AvgIpc) is 2.89. The Morgan fingerprint density at radius 3 is 2.73 bits per heavy atom. The number of nitrogens with one attached hydrogen (secondary N) is 2. The zero-order valence-corrected chi connectivity index (χ0v) is 18.6. The Hall–Kier alpha value is -3.52. The Morgan fingerprint density at radius 1 is 1.15 bits per heavy atom. The fourth-order valence-electron chi connectivity index (χ4n) is 4.62. The van der Waals surface area contributed by atoms with Gasteiger partial charge in [0, 0.05) is 48.6 Å². The maximum absolute atomic E-state index is 11.1. The van der Waals surface area contributed by atoms with Gasteiger partial charge in [-0.2, -0.15) is 4.98 Å². The number of nitrogens with two attached hydrogens (primary N) is 1. The summed E-state index contributed by atoms with van der Waals surface area (Å²) in [7, 11) is 0. The van der Waals surface area contributed by atoms with Gasteiger partial charge in [-0.1, -0.05) is 0 Å². The molecule has 5 rings (SSSR count).